The monoisotopic (exact) mass is 324 g/mol. The van der Waals surface area contributed by atoms with Crippen molar-refractivity contribution in [3.63, 3.8) is 0 Å². The summed E-state index contributed by atoms with van der Waals surface area (Å²) in [6, 6.07) is 5.54. The molecular weight excluding hydrogens is 304 g/mol. The summed E-state index contributed by atoms with van der Waals surface area (Å²) in [5, 5.41) is 4.39. The van der Waals surface area contributed by atoms with E-state index in [9.17, 15) is 4.79 Å². The summed E-state index contributed by atoms with van der Waals surface area (Å²) < 4.78 is 3.61. The Labute approximate surface area is 139 Å². The number of anilines is 1. The van der Waals surface area contributed by atoms with Crippen LogP contribution in [-0.2, 0) is 6.54 Å². The van der Waals surface area contributed by atoms with Crippen molar-refractivity contribution < 1.29 is 0 Å². The maximum atomic E-state index is 11.8. The summed E-state index contributed by atoms with van der Waals surface area (Å²) in [7, 11) is 0. The Morgan fingerprint density at radius 3 is 2.83 bits per heavy atom. The van der Waals surface area contributed by atoms with E-state index in [1.807, 2.05) is 17.5 Å². The van der Waals surface area contributed by atoms with Crippen LogP contribution < -0.4 is 10.5 Å². The van der Waals surface area contributed by atoms with E-state index in [4.69, 9.17) is 0 Å². The van der Waals surface area contributed by atoms with Crippen molar-refractivity contribution >= 4 is 11.5 Å². The maximum absolute atomic E-state index is 11.8. The lowest BCUT2D eigenvalue weighted by Crippen LogP contribution is -2.37. The second-order valence-electron chi connectivity index (χ2n) is 6.36. The minimum Gasteiger partial charge on any atom is -0.356 e. The summed E-state index contributed by atoms with van der Waals surface area (Å²) >= 11 is 0. The number of aryl methyl sites for hydroxylation is 1. The molecule has 0 amide bonds. The van der Waals surface area contributed by atoms with Gasteiger partial charge in [0.25, 0.3) is 5.56 Å². The fourth-order valence-electron chi connectivity index (χ4n) is 3.38. The molecule has 7 heteroatoms. The van der Waals surface area contributed by atoms with Gasteiger partial charge in [0.05, 0.1) is 12.5 Å². The van der Waals surface area contributed by atoms with Crippen LogP contribution in [-0.4, -0.2) is 37.2 Å². The van der Waals surface area contributed by atoms with Gasteiger partial charge in [0.2, 0.25) is 0 Å². The minimum absolute atomic E-state index is 0.0236. The van der Waals surface area contributed by atoms with E-state index in [2.05, 4.69) is 26.0 Å². The van der Waals surface area contributed by atoms with Crippen LogP contribution in [0, 0.1) is 12.8 Å². The lowest BCUT2D eigenvalue weighted by atomic mass is 9.96. The van der Waals surface area contributed by atoms with E-state index < -0.39 is 0 Å². The first kappa shape index (κ1) is 14.9. The molecule has 0 aromatic carbocycles. The van der Waals surface area contributed by atoms with E-state index >= 15 is 0 Å². The van der Waals surface area contributed by atoms with Crippen LogP contribution in [0.15, 0.2) is 41.7 Å². The third-order valence-electron chi connectivity index (χ3n) is 4.65. The van der Waals surface area contributed by atoms with E-state index in [1.165, 1.54) is 6.07 Å². The smallest absolute Gasteiger partial charge is 0.253 e. The normalized spacial score (nSPS) is 16.0. The lowest BCUT2D eigenvalue weighted by molar-refractivity contribution is 0.349. The lowest BCUT2D eigenvalue weighted by Gasteiger charge is -2.33. The third kappa shape index (κ3) is 2.77. The Morgan fingerprint density at radius 2 is 2.04 bits per heavy atom. The molecule has 1 aliphatic heterocycles. The molecule has 0 saturated carbocycles. The molecule has 0 aliphatic carbocycles. The average Bonchev–Trinajstić information content (AvgIpc) is 3.05. The van der Waals surface area contributed by atoms with Crippen LogP contribution in [0.4, 0.5) is 5.82 Å². The number of hydrogen-bond acceptors (Lipinski definition) is 5. The van der Waals surface area contributed by atoms with Crippen LogP contribution in [0.1, 0.15) is 18.5 Å². The zero-order chi connectivity index (χ0) is 16.5. The molecule has 1 saturated heterocycles. The first-order valence-electron chi connectivity index (χ1n) is 8.27. The molecule has 1 fully saturated rings. The summed E-state index contributed by atoms with van der Waals surface area (Å²) in [4.78, 5) is 22.7. The standard InChI is InChI=1S/C17H20N6O/c1-13-10-16(23-15(20-13)2-7-19-23)21-8-4-14(5-9-21)11-22-12-18-6-3-17(22)24/h2-3,6-7,10,12,14H,4-5,8-9,11H2,1H3. The number of fused-ring (bicyclic) bond motifs is 1. The van der Waals surface area contributed by atoms with Gasteiger partial charge in [0, 0.05) is 49.7 Å². The van der Waals surface area contributed by atoms with E-state index in [-0.39, 0.29) is 5.56 Å². The molecule has 0 bridgehead atoms. The molecule has 7 nitrogen and oxygen atoms in total. The van der Waals surface area contributed by atoms with E-state index in [1.54, 1.807) is 23.3 Å². The summed E-state index contributed by atoms with van der Waals surface area (Å²) in [5.74, 6) is 1.60. The number of rotatable bonds is 3. The van der Waals surface area contributed by atoms with Gasteiger partial charge in [0.15, 0.2) is 5.65 Å². The molecular formula is C17H20N6O. The van der Waals surface area contributed by atoms with Gasteiger partial charge in [-0.15, -0.1) is 0 Å². The fourth-order valence-corrected chi connectivity index (χ4v) is 3.38. The van der Waals surface area contributed by atoms with Crippen molar-refractivity contribution in [2.75, 3.05) is 18.0 Å². The highest BCUT2D eigenvalue weighted by molar-refractivity contribution is 5.50. The zero-order valence-electron chi connectivity index (χ0n) is 13.7. The Kier molecular flexibility index (Phi) is 3.76. The second kappa shape index (κ2) is 6.07. The van der Waals surface area contributed by atoms with Crippen LogP contribution in [0.5, 0.6) is 0 Å². The molecule has 24 heavy (non-hydrogen) atoms. The van der Waals surface area contributed by atoms with Crippen molar-refractivity contribution in [1.29, 1.82) is 0 Å². The van der Waals surface area contributed by atoms with Gasteiger partial charge < -0.3 is 4.90 Å². The SMILES string of the molecule is Cc1cc(N2CCC(Cn3cnccc3=O)CC2)n2nccc2n1. The van der Waals surface area contributed by atoms with Crippen LogP contribution in [0.3, 0.4) is 0 Å². The Balaban J connectivity index is 1.49. The molecule has 124 valence electrons. The maximum Gasteiger partial charge on any atom is 0.253 e. The first-order valence-corrected chi connectivity index (χ1v) is 8.27. The molecule has 1 aliphatic rings. The van der Waals surface area contributed by atoms with Gasteiger partial charge in [-0.2, -0.15) is 9.61 Å². The molecule has 3 aromatic rings. The Hall–Kier alpha value is -2.70. The Bertz CT molecular complexity index is 907. The summed E-state index contributed by atoms with van der Waals surface area (Å²) in [6.45, 7) is 4.67. The van der Waals surface area contributed by atoms with Crippen molar-refractivity contribution in [2.24, 2.45) is 5.92 Å². The Morgan fingerprint density at radius 1 is 1.21 bits per heavy atom. The van der Waals surface area contributed by atoms with Gasteiger partial charge >= 0.3 is 0 Å². The summed E-state index contributed by atoms with van der Waals surface area (Å²) in [5.41, 5.74) is 1.91. The highest BCUT2D eigenvalue weighted by Gasteiger charge is 2.22. The molecule has 0 atom stereocenters. The summed E-state index contributed by atoms with van der Waals surface area (Å²) in [6.07, 6.45) is 7.06. The fraction of sp³-hybridized carbons (Fsp3) is 0.412. The van der Waals surface area contributed by atoms with Crippen LogP contribution in [0.2, 0.25) is 0 Å². The van der Waals surface area contributed by atoms with Gasteiger partial charge in [-0.05, 0) is 25.7 Å². The topological polar surface area (TPSA) is 68.3 Å². The predicted octanol–water partition coefficient (Wildman–Crippen LogP) is 1.51. The van der Waals surface area contributed by atoms with Crippen molar-refractivity contribution in [3.05, 3.63) is 53.0 Å². The molecule has 0 spiro atoms. The van der Waals surface area contributed by atoms with Gasteiger partial charge in [0.1, 0.15) is 5.82 Å². The minimum atomic E-state index is 0.0236. The molecule has 0 radical (unpaired) electrons. The van der Waals surface area contributed by atoms with Crippen molar-refractivity contribution in [2.45, 2.75) is 26.3 Å². The number of aromatic nitrogens is 5. The second-order valence-corrected chi connectivity index (χ2v) is 6.36. The highest BCUT2D eigenvalue weighted by atomic mass is 16.1. The first-order chi connectivity index (χ1) is 11.7. The van der Waals surface area contributed by atoms with Gasteiger partial charge in [-0.1, -0.05) is 0 Å². The van der Waals surface area contributed by atoms with Gasteiger partial charge in [-0.25, -0.2) is 9.97 Å². The van der Waals surface area contributed by atoms with Crippen LogP contribution >= 0.6 is 0 Å². The third-order valence-corrected chi connectivity index (χ3v) is 4.65. The van der Waals surface area contributed by atoms with Crippen molar-refractivity contribution in [3.8, 4) is 0 Å². The van der Waals surface area contributed by atoms with E-state index in [0.717, 1.165) is 49.6 Å². The highest BCUT2D eigenvalue weighted by Crippen LogP contribution is 2.24. The molecule has 0 unspecified atom stereocenters. The van der Waals surface area contributed by atoms with E-state index in [0.29, 0.717) is 5.92 Å². The molecule has 4 heterocycles. The quantitative estimate of drug-likeness (QED) is 0.730. The largest absolute Gasteiger partial charge is 0.356 e. The van der Waals surface area contributed by atoms with Gasteiger partial charge in [-0.3, -0.25) is 9.36 Å². The molecule has 0 N–H and O–H groups in total. The number of nitrogens with zero attached hydrogens (tertiary/aromatic N) is 6. The molecule has 3 aromatic heterocycles. The van der Waals surface area contributed by atoms with Crippen LogP contribution in [0.25, 0.3) is 5.65 Å². The average molecular weight is 324 g/mol. The number of hydrogen-bond donors (Lipinski definition) is 0. The predicted molar refractivity (Wildman–Crippen MR) is 91.2 cm³/mol. The molecule has 4 rings (SSSR count). The van der Waals surface area contributed by atoms with Crippen molar-refractivity contribution in [1.82, 2.24) is 24.1 Å². The zero-order valence-corrected chi connectivity index (χ0v) is 13.7. The number of piperidine rings is 1.